The normalized spacial score (nSPS) is 20.0. The number of amides is 4. The van der Waals surface area contributed by atoms with Gasteiger partial charge in [-0.2, -0.15) is 0 Å². The van der Waals surface area contributed by atoms with Crippen LogP contribution < -0.4 is 10.6 Å². The fourth-order valence-electron chi connectivity index (χ4n) is 3.40. The van der Waals surface area contributed by atoms with E-state index >= 15 is 0 Å². The van der Waals surface area contributed by atoms with Crippen LogP contribution in [-0.4, -0.2) is 29.3 Å². The number of hydrogen-bond donors (Lipinski definition) is 2. The Balaban J connectivity index is 1.74. The molecule has 0 saturated carbocycles. The molecule has 1 aliphatic rings. The highest BCUT2D eigenvalue weighted by atomic mass is 19.1. The number of carbonyl (C=O) groups excluding carboxylic acids is 3. The Morgan fingerprint density at radius 1 is 1.14 bits per heavy atom. The van der Waals surface area contributed by atoms with E-state index in [9.17, 15) is 18.8 Å². The van der Waals surface area contributed by atoms with Gasteiger partial charge in [-0.1, -0.05) is 49.4 Å². The lowest BCUT2D eigenvalue weighted by Crippen LogP contribution is -2.45. The molecular weight excluding hydrogens is 361 g/mol. The lowest BCUT2D eigenvalue weighted by Gasteiger charge is -2.25. The van der Waals surface area contributed by atoms with Crippen molar-refractivity contribution < 1.29 is 18.8 Å². The Kier molecular flexibility index (Phi) is 5.44. The van der Waals surface area contributed by atoms with Crippen molar-refractivity contribution in [3.8, 4) is 0 Å². The van der Waals surface area contributed by atoms with Crippen LogP contribution in [-0.2, 0) is 15.1 Å². The molecule has 3 rings (SSSR count). The Labute approximate surface area is 162 Å². The zero-order valence-electron chi connectivity index (χ0n) is 15.7. The van der Waals surface area contributed by atoms with Crippen LogP contribution in [0, 0.1) is 5.82 Å². The lowest BCUT2D eigenvalue weighted by atomic mass is 9.87. The molecule has 2 aromatic rings. The average molecular weight is 383 g/mol. The van der Waals surface area contributed by atoms with Gasteiger partial charge in [-0.3, -0.25) is 14.5 Å². The zero-order valence-corrected chi connectivity index (χ0v) is 15.7. The van der Waals surface area contributed by atoms with E-state index in [1.807, 2.05) is 37.3 Å². The van der Waals surface area contributed by atoms with E-state index in [1.54, 1.807) is 6.92 Å². The smallest absolute Gasteiger partial charge is 0.325 e. The molecule has 0 unspecified atom stereocenters. The number of nitrogens with zero attached hydrogens (tertiary/aromatic N) is 1. The van der Waals surface area contributed by atoms with Gasteiger partial charge in [-0.05, 0) is 36.6 Å². The standard InChI is InChI=1S/C21H22FN3O3/c1-3-21(16-9-11-17(22)12-10-16)19(27)25(20(28)24-21)13-18(26)23-14(2)15-7-5-4-6-8-15/h4-12,14H,3,13H2,1-2H3,(H,23,26)(H,24,28)/t14-,21+/m1/s1. The van der Waals surface area contributed by atoms with E-state index in [2.05, 4.69) is 10.6 Å². The lowest BCUT2D eigenvalue weighted by molar-refractivity contribution is -0.135. The molecule has 6 nitrogen and oxygen atoms in total. The summed E-state index contributed by atoms with van der Waals surface area (Å²) in [6.45, 7) is 3.20. The second-order valence-corrected chi connectivity index (χ2v) is 6.79. The van der Waals surface area contributed by atoms with E-state index in [-0.39, 0.29) is 19.0 Å². The largest absolute Gasteiger partial charge is 0.348 e. The fourth-order valence-corrected chi connectivity index (χ4v) is 3.40. The van der Waals surface area contributed by atoms with Crippen molar-refractivity contribution in [3.05, 3.63) is 71.5 Å². The van der Waals surface area contributed by atoms with E-state index in [0.29, 0.717) is 5.56 Å². The van der Waals surface area contributed by atoms with Crippen molar-refractivity contribution in [2.24, 2.45) is 0 Å². The zero-order chi connectivity index (χ0) is 20.3. The van der Waals surface area contributed by atoms with Crippen LogP contribution in [0.2, 0.25) is 0 Å². The summed E-state index contributed by atoms with van der Waals surface area (Å²) in [6.07, 6.45) is 0.280. The Hall–Kier alpha value is -3.22. The van der Waals surface area contributed by atoms with Crippen LogP contribution >= 0.6 is 0 Å². The molecule has 2 aromatic carbocycles. The predicted octanol–water partition coefficient (Wildman–Crippen LogP) is 2.86. The Morgan fingerprint density at radius 2 is 1.79 bits per heavy atom. The number of rotatable bonds is 6. The first-order valence-corrected chi connectivity index (χ1v) is 9.12. The second kappa shape index (κ2) is 7.80. The maximum atomic E-state index is 13.3. The minimum Gasteiger partial charge on any atom is -0.348 e. The van der Waals surface area contributed by atoms with Gasteiger partial charge in [0.15, 0.2) is 0 Å². The maximum absolute atomic E-state index is 13.3. The fraction of sp³-hybridized carbons (Fsp3) is 0.286. The van der Waals surface area contributed by atoms with Gasteiger partial charge in [0, 0.05) is 0 Å². The molecule has 7 heteroatoms. The van der Waals surface area contributed by atoms with Crippen LogP contribution in [0.3, 0.4) is 0 Å². The van der Waals surface area contributed by atoms with Crippen molar-refractivity contribution >= 4 is 17.8 Å². The minimum atomic E-state index is -1.30. The predicted molar refractivity (Wildman–Crippen MR) is 102 cm³/mol. The number of hydrogen-bond acceptors (Lipinski definition) is 3. The molecule has 2 N–H and O–H groups in total. The number of halogens is 1. The van der Waals surface area contributed by atoms with E-state index < -0.39 is 29.2 Å². The molecule has 28 heavy (non-hydrogen) atoms. The highest BCUT2D eigenvalue weighted by molar-refractivity contribution is 6.09. The van der Waals surface area contributed by atoms with Gasteiger partial charge in [0.05, 0.1) is 6.04 Å². The summed E-state index contributed by atoms with van der Waals surface area (Å²) in [7, 11) is 0. The van der Waals surface area contributed by atoms with Gasteiger partial charge in [0.25, 0.3) is 5.91 Å². The Bertz CT molecular complexity index is 886. The molecule has 1 saturated heterocycles. The SMILES string of the molecule is CC[C@@]1(c2ccc(F)cc2)NC(=O)N(CC(=O)N[C@H](C)c2ccccc2)C1=O. The molecule has 2 atom stereocenters. The second-order valence-electron chi connectivity index (χ2n) is 6.79. The number of carbonyl (C=O) groups is 3. The topological polar surface area (TPSA) is 78.5 Å². The van der Waals surface area contributed by atoms with Gasteiger partial charge < -0.3 is 10.6 Å². The molecule has 146 valence electrons. The molecule has 1 heterocycles. The van der Waals surface area contributed by atoms with E-state index in [1.165, 1.54) is 24.3 Å². The molecule has 1 fully saturated rings. The maximum Gasteiger partial charge on any atom is 0.325 e. The number of urea groups is 1. The summed E-state index contributed by atoms with van der Waals surface area (Å²) in [4.78, 5) is 38.8. The number of benzene rings is 2. The Morgan fingerprint density at radius 3 is 2.39 bits per heavy atom. The summed E-state index contributed by atoms with van der Waals surface area (Å²) < 4.78 is 13.3. The molecule has 0 radical (unpaired) electrons. The first kappa shape index (κ1) is 19.5. The highest BCUT2D eigenvalue weighted by Crippen LogP contribution is 2.32. The van der Waals surface area contributed by atoms with Crippen LogP contribution in [0.15, 0.2) is 54.6 Å². The summed E-state index contributed by atoms with van der Waals surface area (Å²) in [5.74, 6) is -1.39. The number of imide groups is 1. The third-order valence-corrected chi connectivity index (χ3v) is 5.02. The van der Waals surface area contributed by atoms with Gasteiger partial charge in [-0.25, -0.2) is 9.18 Å². The van der Waals surface area contributed by atoms with Crippen LogP contribution in [0.25, 0.3) is 0 Å². The molecule has 0 aromatic heterocycles. The van der Waals surface area contributed by atoms with Crippen molar-refractivity contribution in [1.82, 2.24) is 15.5 Å². The summed E-state index contributed by atoms with van der Waals surface area (Å²) in [6, 6.07) is 13.9. The molecule has 1 aliphatic heterocycles. The first-order chi connectivity index (χ1) is 13.4. The van der Waals surface area contributed by atoms with Crippen molar-refractivity contribution in [2.45, 2.75) is 31.8 Å². The van der Waals surface area contributed by atoms with Crippen molar-refractivity contribution in [1.29, 1.82) is 0 Å². The molecule has 4 amide bonds. The average Bonchev–Trinajstić information content (AvgIpc) is 2.94. The van der Waals surface area contributed by atoms with E-state index in [4.69, 9.17) is 0 Å². The summed E-state index contributed by atoms with van der Waals surface area (Å²) in [5, 5.41) is 5.47. The minimum absolute atomic E-state index is 0.262. The van der Waals surface area contributed by atoms with Gasteiger partial charge in [0.2, 0.25) is 5.91 Å². The first-order valence-electron chi connectivity index (χ1n) is 9.12. The highest BCUT2D eigenvalue weighted by Gasteiger charge is 2.51. The quantitative estimate of drug-likeness (QED) is 0.753. The van der Waals surface area contributed by atoms with Crippen molar-refractivity contribution in [2.75, 3.05) is 6.54 Å². The van der Waals surface area contributed by atoms with E-state index in [0.717, 1.165) is 10.5 Å². The van der Waals surface area contributed by atoms with Gasteiger partial charge in [0.1, 0.15) is 17.9 Å². The third-order valence-electron chi connectivity index (χ3n) is 5.02. The summed E-state index contributed by atoms with van der Waals surface area (Å²) >= 11 is 0. The van der Waals surface area contributed by atoms with Crippen molar-refractivity contribution in [3.63, 3.8) is 0 Å². The van der Waals surface area contributed by atoms with Gasteiger partial charge >= 0.3 is 6.03 Å². The third kappa shape index (κ3) is 3.60. The van der Waals surface area contributed by atoms with Crippen LogP contribution in [0.5, 0.6) is 0 Å². The molecule has 0 aliphatic carbocycles. The monoisotopic (exact) mass is 383 g/mol. The van der Waals surface area contributed by atoms with Crippen LogP contribution in [0.1, 0.15) is 37.4 Å². The molecule has 0 spiro atoms. The van der Waals surface area contributed by atoms with Crippen LogP contribution in [0.4, 0.5) is 9.18 Å². The molecular formula is C21H22FN3O3. The summed E-state index contributed by atoms with van der Waals surface area (Å²) in [5.41, 5.74) is 0.105. The number of nitrogens with one attached hydrogen (secondary N) is 2. The van der Waals surface area contributed by atoms with Gasteiger partial charge in [-0.15, -0.1) is 0 Å². The molecule has 0 bridgehead atoms.